The van der Waals surface area contributed by atoms with E-state index in [-0.39, 0.29) is 5.54 Å². The van der Waals surface area contributed by atoms with E-state index in [9.17, 15) is 15.2 Å². The number of nitrogens with zero attached hydrogens (tertiary/aromatic N) is 1. The van der Waals surface area contributed by atoms with Gasteiger partial charge in [0.25, 0.3) is 0 Å². The Labute approximate surface area is 102 Å². The zero-order valence-corrected chi connectivity index (χ0v) is 10.2. The molecule has 1 aliphatic heterocycles. The normalized spacial score (nSPS) is 44.2. The molecule has 2 rings (SSSR count). The lowest BCUT2D eigenvalue weighted by Gasteiger charge is -2.28. The minimum atomic E-state index is -1.57. The highest BCUT2D eigenvalue weighted by atomic mass is 16.4. The topological polar surface area (TPSA) is 63.7 Å². The maximum atomic E-state index is 10.1. The molecule has 0 amide bonds. The molecule has 92 valence electrons. The maximum Gasteiger partial charge on any atom is 0.488 e. The summed E-state index contributed by atoms with van der Waals surface area (Å²) in [5, 5.41) is 28.6. The van der Waals surface area contributed by atoms with E-state index in [0.717, 1.165) is 13.1 Å². The lowest BCUT2D eigenvalue weighted by molar-refractivity contribution is 0.161. The van der Waals surface area contributed by atoms with Gasteiger partial charge in [0, 0.05) is 13.1 Å². The fourth-order valence-corrected chi connectivity index (χ4v) is 1.99. The lowest BCUT2D eigenvalue weighted by atomic mass is 9.75. The first kappa shape index (κ1) is 12.6. The first-order valence-electron chi connectivity index (χ1n) is 5.78. The summed E-state index contributed by atoms with van der Waals surface area (Å²) in [7, 11) is -1.57. The number of hydrogen-bond donors (Lipinski definition) is 3. The largest absolute Gasteiger partial charge is 0.488 e. The molecule has 0 spiro atoms. The molecule has 4 nitrogen and oxygen atoms in total. The van der Waals surface area contributed by atoms with Gasteiger partial charge in [-0.3, -0.25) is 4.90 Å². The van der Waals surface area contributed by atoms with E-state index in [1.54, 1.807) is 19.1 Å². The number of allylic oxidation sites excluding steroid dienone is 2. The summed E-state index contributed by atoms with van der Waals surface area (Å²) >= 11 is 0. The summed E-state index contributed by atoms with van der Waals surface area (Å²) in [6.45, 7) is 5.70. The average Bonchev–Trinajstić information content (AvgIpc) is 3.03. The van der Waals surface area contributed by atoms with Crippen molar-refractivity contribution in [2.75, 3.05) is 13.1 Å². The molecule has 1 heterocycles. The molecule has 0 aromatic rings. The van der Waals surface area contributed by atoms with Crippen LogP contribution in [0.2, 0.25) is 0 Å². The third-order valence-electron chi connectivity index (χ3n) is 3.26. The molecule has 2 atom stereocenters. The van der Waals surface area contributed by atoms with Crippen molar-refractivity contribution in [3.63, 3.8) is 0 Å². The quantitative estimate of drug-likeness (QED) is 0.354. The van der Waals surface area contributed by atoms with Gasteiger partial charge in [0.1, 0.15) is 0 Å². The number of aliphatic hydroxyl groups is 1. The number of hydrogen-bond acceptors (Lipinski definition) is 4. The summed E-state index contributed by atoms with van der Waals surface area (Å²) in [5.74, 6) is 0. The first-order chi connectivity index (χ1) is 7.82. The Morgan fingerprint density at radius 1 is 1.18 bits per heavy atom. The molecule has 17 heavy (non-hydrogen) atoms. The van der Waals surface area contributed by atoms with Crippen molar-refractivity contribution in [3.8, 4) is 0 Å². The van der Waals surface area contributed by atoms with Crippen LogP contribution in [-0.2, 0) is 0 Å². The van der Waals surface area contributed by atoms with Crippen LogP contribution in [0.15, 0.2) is 35.9 Å². The molecular formula is C12H18BNO3. The lowest BCUT2D eigenvalue weighted by Crippen LogP contribution is -2.33. The fraction of sp³-hybridized carbons (Fsp3) is 0.500. The maximum absolute atomic E-state index is 10.1. The van der Waals surface area contributed by atoms with Gasteiger partial charge >= 0.3 is 7.12 Å². The van der Waals surface area contributed by atoms with Crippen molar-refractivity contribution in [1.82, 2.24) is 4.90 Å². The van der Waals surface area contributed by atoms with E-state index >= 15 is 0 Å². The Morgan fingerprint density at radius 2 is 1.82 bits per heavy atom. The van der Waals surface area contributed by atoms with E-state index < -0.39 is 12.7 Å². The standard InChI is InChI=1S/C12H18BNO3/c1-11(14-7-8-14)4-3-10(13(16)17)9-12(2,15)6-5-11/h3-6,9,15-17H,7-8H2,1-2H3/b4-3-,6-5-,10-9+/t11?,12-/m0/s1. The molecule has 0 aromatic carbocycles. The predicted molar refractivity (Wildman–Crippen MR) is 67.2 cm³/mol. The average molecular weight is 235 g/mol. The third-order valence-corrected chi connectivity index (χ3v) is 3.26. The van der Waals surface area contributed by atoms with Crippen LogP contribution in [0, 0.1) is 0 Å². The number of rotatable bonds is 2. The Kier molecular flexibility index (Phi) is 3.03. The molecule has 1 saturated heterocycles. The van der Waals surface area contributed by atoms with Crippen LogP contribution in [0.3, 0.4) is 0 Å². The second kappa shape index (κ2) is 4.10. The first-order valence-corrected chi connectivity index (χ1v) is 5.78. The summed E-state index contributed by atoms with van der Waals surface area (Å²) < 4.78 is 0. The molecule has 5 heteroatoms. The van der Waals surface area contributed by atoms with Gasteiger partial charge in [0.15, 0.2) is 0 Å². The Morgan fingerprint density at radius 3 is 2.35 bits per heavy atom. The second-order valence-corrected chi connectivity index (χ2v) is 5.12. The molecule has 1 fully saturated rings. The highest BCUT2D eigenvalue weighted by Crippen LogP contribution is 2.29. The van der Waals surface area contributed by atoms with Crippen molar-refractivity contribution < 1.29 is 15.2 Å². The van der Waals surface area contributed by atoms with E-state index in [2.05, 4.69) is 4.90 Å². The molecule has 0 saturated carbocycles. The van der Waals surface area contributed by atoms with Crippen molar-refractivity contribution >= 4 is 7.12 Å². The molecule has 2 aliphatic rings. The molecule has 1 unspecified atom stereocenters. The molecule has 0 bridgehead atoms. The van der Waals surface area contributed by atoms with E-state index in [1.165, 1.54) is 6.08 Å². The van der Waals surface area contributed by atoms with E-state index in [4.69, 9.17) is 0 Å². The van der Waals surface area contributed by atoms with Gasteiger partial charge < -0.3 is 15.2 Å². The van der Waals surface area contributed by atoms with Crippen LogP contribution in [0.4, 0.5) is 0 Å². The smallest absolute Gasteiger partial charge is 0.423 e. The van der Waals surface area contributed by atoms with Crippen molar-refractivity contribution in [2.45, 2.75) is 25.0 Å². The van der Waals surface area contributed by atoms with Crippen LogP contribution in [0.25, 0.3) is 0 Å². The molecule has 3 N–H and O–H groups in total. The molecule has 0 aromatic heterocycles. The second-order valence-electron chi connectivity index (χ2n) is 5.12. The molecule has 0 radical (unpaired) electrons. The highest BCUT2D eigenvalue weighted by molar-refractivity contribution is 6.51. The van der Waals surface area contributed by atoms with Gasteiger partial charge in [0.2, 0.25) is 0 Å². The SMILES string of the molecule is CC1(N2CC2)/C=C\C(B(O)O)=C/[C@@](C)(O)/C=C\1. The summed E-state index contributed by atoms with van der Waals surface area (Å²) in [6.07, 6.45) is 8.69. The summed E-state index contributed by atoms with van der Waals surface area (Å²) in [6, 6.07) is 0. The van der Waals surface area contributed by atoms with Crippen molar-refractivity contribution in [1.29, 1.82) is 0 Å². The Hall–Kier alpha value is -0.875. The van der Waals surface area contributed by atoms with Crippen LogP contribution >= 0.6 is 0 Å². The van der Waals surface area contributed by atoms with Gasteiger partial charge in [-0.2, -0.15) is 0 Å². The predicted octanol–water partition coefficient (Wildman–Crippen LogP) is -0.124. The fourth-order valence-electron chi connectivity index (χ4n) is 1.99. The molecular weight excluding hydrogens is 217 g/mol. The highest BCUT2D eigenvalue weighted by Gasteiger charge is 2.36. The van der Waals surface area contributed by atoms with Gasteiger partial charge in [-0.1, -0.05) is 24.3 Å². The minimum absolute atomic E-state index is 0.265. The van der Waals surface area contributed by atoms with Crippen LogP contribution in [0.5, 0.6) is 0 Å². The Bertz CT molecular complexity index is 397. The zero-order valence-electron chi connectivity index (χ0n) is 10.2. The Balaban J connectivity index is 2.38. The summed E-state index contributed by atoms with van der Waals surface area (Å²) in [4.78, 5) is 2.22. The van der Waals surface area contributed by atoms with Gasteiger partial charge in [0.05, 0.1) is 11.1 Å². The van der Waals surface area contributed by atoms with Crippen LogP contribution in [0.1, 0.15) is 13.8 Å². The van der Waals surface area contributed by atoms with E-state index in [1.807, 2.05) is 19.1 Å². The van der Waals surface area contributed by atoms with Gasteiger partial charge in [-0.25, -0.2) is 0 Å². The van der Waals surface area contributed by atoms with Crippen LogP contribution in [-0.4, -0.2) is 51.4 Å². The van der Waals surface area contributed by atoms with Gasteiger partial charge in [-0.15, -0.1) is 0 Å². The van der Waals surface area contributed by atoms with Gasteiger partial charge in [-0.05, 0) is 25.4 Å². The molecule has 1 aliphatic carbocycles. The monoisotopic (exact) mass is 235 g/mol. The minimum Gasteiger partial charge on any atom is -0.423 e. The summed E-state index contributed by atoms with van der Waals surface area (Å²) in [5.41, 5.74) is -1.12. The van der Waals surface area contributed by atoms with Crippen LogP contribution < -0.4 is 0 Å². The zero-order chi connectivity index (χ0) is 12.7. The van der Waals surface area contributed by atoms with E-state index in [0.29, 0.717) is 5.47 Å². The van der Waals surface area contributed by atoms with Crippen molar-refractivity contribution in [2.24, 2.45) is 0 Å². The third kappa shape index (κ3) is 2.87. The van der Waals surface area contributed by atoms with Crippen molar-refractivity contribution in [3.05, 3.63) is 35.9 Å².